The molecule has 0 saturated heterocycles. The fourth-order valence-electron chi connectivity index (χ4n) is 2.52. The lowest BCUT2D eigenvalue weighted by Crippen LogP contribution is -2.03. The zero-order chi connectivity index (χ0) is 15.9. The van der Waals surface area contributed by atoms with Gasteiger partial charge < -0.3 is 5.73 Å². The molecule has 0 bridgehead atoms. The zero-order valence-corrected chi connectivity index (χ0v) is 13.4. The smallest absolute Gasteiger partial charge is 0.155 e. The van der Waals surface area contributed by atoms with Crippen LogP contribution in [0.4, 0.5) is 5.82 Å². The van der Waals surface area contributed by atoms with Crippen LogP contribution in [0.2, 0.25) is 0 Å². The third-order valence-electron chi connectivity index (χ3n) is 4.09. The number of nitrogen functional groups attached to an aromatic ring is 1. The fraction of sp³-hybridized carbons (Fsp3) is 0.222. The van der Waals surface area contributed by atoms with Crippen LogP contribution in [0.3, 0.4) is 0 Å². The fourth-order valence-corrected chi connectivity index (χ4v) is 2.52. The minimum atomic E-state index is 0.567. The van der Waals surface area contributed by atoms with E-state index in [4.69, 9.17) is 5.73 Å². The zero-order valence-electron chi connectivity index (χ0n) is 13.4. The van der Waals surface area contributed by atoms with Gasteiger partial charge in [-0.2, -0.15) is 4.68 Å². The summed E-state index contributed by atoms with van der Waals surface area (Å²) < 4.78 is 1.70. The number of nitrogens with two attached hydrogens (primary N) is 1. The van der Waals surface area contributed by atoms with Gasteiger partial charge in [-0.15, -0.1) is 5.10 Å². The van der Waals surface area contributed by atoms with Crippen LogP contribution in [0.15, 0.2) is 36.4 Å². The first kappa shape index (κ1) is 14.3. The highest BCUT2D eigenvalue weighted by molar-refractivity contribution is 5.74. The van der Waals surface area contributed by atoms with Gasteiger partial charge in [-0.25, -0.2) is 0 Å². The lowest BCUT2D eigenvalue weighted by atomic mass is 10.0. The van der Waals surface area contributed by atoms with Gasteiger partial charge in [0.25, 0.3) is 0 Å². The van der Waals surface area contributed by atoms with Gasteiger partial charge in [0.1, 0.15) is 5.69 Å². The minimum Gasteiger partial charge on any atom is -0.382 e. The molecular weight excluding hydrogens is 272 g/mol. The molecule has 4 nitrogen and oxygen atoms in total. The summed E-state index contributed by atoms with van der Waals surface area (Å²) in [4.78, 5) is 0. The Morgan fingerprint density at radius 3 is 2.32 bits per heavy atom. The first-order valence-electron chi connectivity index (χ1n) is 7.34. The van der Waals surface area contributed by atoms with Gasteiger partial charge in [0.2, 0.25) is 0 Å². The van der Waals surface area contributed by atoms with Crippen molar-refractivity contribution in [2.45, 2.75) is 27.7 Å². The molecule has 0 aliphatic carbocycles. The van der Waals surface area contributed by atoms with E-state index in [1.807, 2.05) is 6.07 Å². The van der Waals surface area contributed by atoms with Crippen LogP contribution >= 0.6 is 0 Å². The molecule has 22 heavy (non-hydrogen) atoms. The largest absolute Gasteiger partial charge is 0.382 e. The molecule has 4 heteroatoms. The second kappa shape index (κ2) is 5.30. The number of hydrogen-bond donors (Lipinski definition) is 1. The van der Waals surface area contributed by atoms with E-state index in [0.717, 1.165) is 22.5 Å². The third kappa shape index (κ3) is 2.37. The molecule has 0 fully saturated rings. The summed E-state index contributed by atoms with van der Waals surface area (Å²) >= 11 is 0. The van der Waals surface area contributed by atoms with Crippen molar-refractivity contribution < 1.29 is 0 Å². The van der Waals surface area contributed by atoms with Crippen molar-refractivity contribution in [3.63, 3.8) is 0 Å². The Morgan fingerprint density at radius 2 is 1.59 bits per heavy atom. The van der Waals surface area contributed by atoms with Gasteiger partial charge in [-0.3, -0.25) is 0 Å². The summed E-state index contributed by atoms with van der Waals surface area (Å²) in [6.45, 7) is 8.29. The molecule has 0 spiro atoms. The highest BCUT2D eigenvalue weighted by Gasteiger charge is 2.15. The molecule has 3 aromatic rings. The molecule has 0 aliphatic rings. The van der Waals surface area contributed by atoms with Crippen LogP contribution in [0.1, 0.15) is 22.3 Å². The molecule has 0 saturated carbocycles. The summed E-state index contributed by atoms with van der Waals surface area (Å²) in [6.07, 6.45) is 0. The number of benzene rings is 2. The summed E-state index contributed by atoms with van der Waals surface area (Å²) in [7, 11) is 0. The Bertz CT molecular complexity index is 846. The Labute approximate surface area is 130 Å². The SMILES string of the molecule is Cc1ccc(C)c(-c2nnn(-c3ccc(C)c(C)c3)c2N)c1. The van der Waals surface area contributed by atoms with Crippen LogP contribution in [0.5, 0.6) is 0 Å². The first-order valence-corrected chi connectivity index (χ1v) is 7.34. The molecule has 1 aromatic heterocycles. The number of hydrogen-bond acceptors (Lipinski definition) is 3. The van der Waals surface area contributed by atoms with Crippen LogP contribution in [-0.2, 0) is 0 Å². The Balaban J connectivity index is 2.12. The second-order valence-electron chi connectivity index (χ2n) is 5.82. The van der Waals surface area contributed by atoms with E-state index in [-0.39, 0.29) is 0 Å². The van der Waals surface area contributed by atoms with Gasteiger partial charge in [0.15, 0.2) is 5.82 Å². The molecule has 2 aromatic carbocycles. The van der Waals surface area contributed by atoms with Crippen molar-refractivity contribution in [2.75, 3.05) is 5.73 Å². The van der Waals surface area contributed by atoms with Gasteiger partial charge in [-0.05, 0) is 62.6 Å². The molecule has 0 unspecified atom stereocenters. The maximum Gasteiger partial charge on any atom is 0.155 e. The molecule has 0 atom stereocenters. The number of rotatable bonds is 2. The number of nitrogens with zero attached hydrogens (tertiary/aromatic N) is 3. The van der Waals surface area contributed by atoms with E-state index >= 15 is 0 Å². The number of aromatic nitrogens is 3. The van der Waals surface area contributed by atoms with Crippen molar-refractivity contribution in [3.8, 4) is 16.9 Å². The lowest BCUT2D eigenvalue weighted by Gasteiger charge is -2.08. The van der Waals surface area contributed by atoms with Crippen molar-refractivity contribution in [3.05, 3.63) is 58.7 Å². The molecule has 2 N–H and O–H groups in total. The van der Waals surface area contributed by atoms with Crippen molar-refractivity contribution >= 4 is 5.82 Å². The van der Waals surface area contributed by atoms with Gasteiger partial charge >= 0.3 is 0 Å². The van der Waals surface area contributed by atoms with E-state index in [2.05, 4.69) is 68.3 Å². The monoisotopic (exact) mass is 292 g/mol. The van der Waals surface area contributed by atoms with Gasteiger partial charge in [0, 0.05) is 5.56 Å². The molecular formula is C18H20N4. The predicted molar refractivity (Wildman–Crippen MR) is 90.2 cm³/mol. The van der Waals surface area contributed by atoms with E-state index < -0.39 is 0 Å². The van der Waals surface area contributed by atoms with Crippen LogP contribution in [-0.4, -0.2) is 15.0 Å². The average Bonchev–Trinajstić information content (AvgIpc) is 2.86. The first-order chi connectivity index (χ1) is 10.5. The molecule has 0 aliphatic heterocycles. The molecule has 112 valence electrons. The molecule has 1 heterocycles. The van der Waals surface area contributed by atoms with Crippen LogP contribution < -0.4 is 5.73 Å². The van der Waals surface area contributed by atoms with E-state index in [0.29, 0.717) is 5.82 Å². The van der Waals surface area contributed by atoms with Gasteiger partial charge in [0.05, 0.1) is 5.69 Å². The van der Waals surface area contributed by atoms with Crippen molar-refractivity contribution in [2.24, 2.45) is 0 Å². The summed E-state index contributed by atoms with van der Waals surface area (Å²) in [5.74, 6) is 0.567. The Kier molecular flexibility index (Phi) is 3.45. The maximum absolute atomic E-state index is 6.31. The Morgan fingerprint density at radius 1 is 0.864 bits per heavy atom. The average molecular weight is 292 g/mol. The summed E-state index contributed by atoms with van der Waals surface area (Å²) in [5, 5.41) is 8.55. The maximum atomic E-state index is 6.31. The van der Waals surface area contributed by atoms with Crippen LogP contribution in [0, 0.1) is 27.7 Å². The standard InChI is InChI=1S/C18H20N4/c1-11-5-6-13(3)16(9-11)17-18(19)22(21-20-17)15-8-7-12(2)14(4)10-15/h5-10H,19H2,1-4H3. The number of anilines is 1. The molecule has 0 amide bonds. The summed E-state index contributed by atoms with van der Waals surface area (Å²) in [5.41, 5.74) is 13.8. The third-order valence-corrected chi connectivity index (χ3v) is 4.09. The topological polar surface area (TPSA) is 56.7 Å². The highest BCUT2D eigenvalue weighted by Crippen LogP contribution is 2.29. The Hall–Kier alpha value is -2.62. The van der Waals surface area contributed by atoms with Crippen molar-refractivity contribution in [1.82, 2.24) is 15.0 Å². The normalized spacial score (nSPS) is 10.9. The second-order valence-corrected chi connectivity index (χ2v) is 5.82. The molecule has 3 rings (SSSR count). The van der Waals surface area contributed by atoms with E-state index in [1.54, 1.807) is 4.68 Å². The van der Waals surface area contributed by atoms with Gasteiger partial charge in [-0.1, -0.05) is 29.0 Å². The van der Waals surface area contributed by atoms with E-state index in [9.17, 15) is 0 Å². The number of aryl methyl sites for hydroxylation is 4. The minimum absolute atomic E-state index is 0.567. The molecule has 0 radical (unpaired) electrons. The van der Waals surface area contributed by atoms with E-state index in [1.165, 1.54) is 16.7 Å². The summed E-state index contributed by atoms with van der Waals surface area (Å²) in [6, 6.07) is 12.4. The highest BCUT2D eigenvalue weighted by atomic mass is 15.5. The quantitative estimate of drug-likeness (QED) is 0.782. The van der Waals surface area contributed by atoms with Crippen LogP contribution in [0.25, 0.3) is 16.9 Å². The van der Waals surface area contributed by atoms with Crippen molar-refractivity contribution in [1.29, 1.82) is 0 Å². The lowest BCUT2D eigenvalue weighted by molar-refractivity contribution is 0.809. The predicted octanol–water partition coefficient (Wildman–Crippen LogP) is 3.75.